The quantitative estimate of drug-likeness (QED) is 0.0562. The van der Waals surface area contributed by atoms with Crippen molar-refractivity contribution in [1.82, 2.24) is 5.32 Å². The first-order valence-corrected chi connectivity index (χ1v) is 19.1. The summed E-state index contributed by atoms with van der Waals surface area (Å²) in [4.78, 5) is 29.1. The van der Waals surface area contributed by atoms with Crippen molar-refractivity contribution >= 4 is 12.1 Å². The molecule has 3 heterocycles. The Morgan fingerprint density at radius 1 is 0.690 bits per heavy atom. The summed E-state index contributed by atoms with van der Waals surface area (Å²) in [6.45, 7) is 1.60. The van der Waals surface area contributed by atoms with E-state index in [1.807, 2.05) is 121 Å². The summed E-state index contributed by atoms with van der Waals surface area (Å²) in [5.41, 5.74) is 13.0. The Balaban J connectivity index is 1.24. The van der Waals surface area contributed by atoms with Gasteiger partial charge in [-0.3, -0.25) is 4.79 Å². The highest BCUT2D eigenvalue weighted by atomic mass is 16.8. The van der Waals surface area contributed by atoms with Gasteiger partial charge in [0.2, 0.25) is 0 Å². The summed E-state index contributed by atoms with van der Waals surface area (Å²) < 4.78 is 56.6. The standard InChI is InChI=1S/C43H46N4O11/c1-28(48)50-26-33-37(51-22-29-14-6-2-7-15-29)39(52-23-30-16-8-3-9-17-30)35(45-43(49)55-25-32-20-12-5-13-21-32)42(57-33)58-38-34-27-54-41(56-34)36(46-47-44)40(38)53-24-31-18-10-4-11-19-31/h2-21,33-42H,22-27H2,1H3,(H,45,49)/t33-,34-,35-,36-,37-,38-,39-,40-,41-,42-/m1/s1. The summed E-state index contributed by atoms with van der Waals surface area (Å²) in [6.07, 6.45) is -8.28. The maximum atomic E-state index is 13.8. The fourth-order valence-electron chi connectivity index (χ4n) is 7.15. The largest absolute Gasteiger partial charge is 0.463 e. The first kappa shape index (κ1) is 40.8. The molecular formula is C43H46N4O11. The highest BCUT2D eigenvalue weighted by Crippen LogP contribution is 2.37. The summed E-state index contributed by atoms with van der Waals surface area (Å²) in [5.74, 6) is -0.532. The fourth-order valence-corrected chi connectivity index (χ4v) is 7.15. The summed E-state index contributed by atoms with van der Waals surface area (Å²) in [6, 6.07) is 35.8. The van der Waals surface area contributed by atoms with Crippen molar-refractivity contribution in [2.75, 3.05) is 13.2 Å². The molecule has 0 aliphatic carbocycles. The van der Waals surface area contributed by atoms with Crippen LogP contribution in [0.5, 0.6) is 0 Å². The second kappa shape index (κ2) is 20.4. The lowest BCUT2D eigenvalue weighted by molar-refractivity contribution is -0.321. The van der Waals surface area contributed by atoms with Gasteiger partial charge in [-0.15, -0.1) is 0 Å². The topological polar surface area (TPSA) is 178 Å². The molecule has 2 bridgehead atoms. The summed E-state index contributed by atoms with van der Waals surface area (Å²) in [7, 11) is 0. The van der Waals surface area contributed by atoms with Gasteiger partial charge < -0.3 is 47.9 Å². The van der Waals surface area contributed by atoms with Gasteiger partial charge in [0.15, 0.2) is 12.6 Å². The molecule has 0 aromatic heterocycles. The van der Waals surface area contributed by atoms with Crippen LogP contribution in [0, 0.1) is 0 Å². The van der Waals surface area contributed by atoms with Crippen LogP contribution in [-0.2, 0) is 73.9 Å². The normalized spacial score (nSPS) is 27.5. The van der Waals surface area contributed by atoms with Crippen LogP contribution in [0.3, 0.4) is 0 Å². The highest BCUT2D eigenvalue weighted by Gasteiger charge is 2.56. The number of nitrogens with one attached hydrogen (secondary N) is 1. The number of nitrogens with zero attached hydrogens (tertiary/aromatic N) is 3. The summed E-state index contributed by atoms with van der Waals surface area (Å²) in [5, 5.41) is 6.98. The van der Waals surface area contributed by atoms with Crippen molar-refractivity contribution in [1.29, 1.82) is 0 Å². The first-order chi connectivity index (χ1) is 28.4. The van der Waals surface area contributed by atoms with Crippen LogP contribution in [0.25, 0.3) is 10.4 Å². The molecule has 0 saturated carbocycles. The van der Waals surface area contributed by atoms with Crippen molar-refractivity contribution in [3.8, 4) is 0 Å². The van der Waals surface area contributed by atoms with E-state index in [0.29, 0.717) is 0 Å². The Labute approximate surface area is 336 Å². The molecule has 1 N–H and O–H groups in total. The van der Waals surface area contributed by atoms with Crippen LogP contribution in [0.15, 0.2) is 126 Å². The van der Waals surface area contributed by atoms with Crippen LogP contribution in [0.4, 0.5) is 4.79 Å². The van der Waals surface area contributed by atoms with E-state index in [1.165, 1.54) is 6.92 Å². The van der Waals surface area contributed by atoms with E-state index < -0.39 is 73.4 Å². The number of ether oxygens (including phenoxy) is 9. The predicted octanol–water partition coefficient (Wildman–Crippen LogP) is 6.14. The van der Waals surface area contributed by atoms with Crippen LogP contribution in [0.2, 0.25) is 0 Å². The monoisotopic (exact) mass is 794 g/mol. The van der Waals surface area contributed by atoms with Crippen LogP contribution < -0.4 is 5.32 Å². The maximum Gasteiger partial charge on any atom is 0.407 e. The van der Waals surface area contributed by atoms with E-state index >= 15 is 0 Å². The van der Waals surface area contributed by atoms with Gasteiger partial charge in [-0.2, -0.15) is 0 Å². The number of carbonyl (C=O) groups excluding carboxylic acids is 2. The molecule has 3 saturated heterocycles. The van der Waals surface area contributed by atoms with Gasteiger partial charge in [0.1, 0.15) is 61.9 Å². The molecule has 0 radical (unpaired) electrons. The Kier molecular flexibility index (Phi) is 14.3. The number of amides is 1. The zero-order valence-electron chi connectivity index (χ0n) is 31.9. The zero-order valence-corrected chi connectivity index (χ0v) is 31.9. The molecule has 3 aliphatic rings. The molecule has 4 aromatic carbocycles. The Bertz CT molecular complexity index is 1940. The van der Waals surface area contributed by atoms with E-state index in [0.717, 1.165) is 22.3 Å². The van der Waals surface area contributed by atoms with Crippen LogP contribution in [0.1, 0.15) is 29.2 Å². The van der Waals surface area contributed by atoms with E-state index in [9.17, 15) is 15.1 Å². The number of esters is 1. The molecule has 4 aromatic rings. The SMILES string of the molecule is CC(=O)OC[C@H]1O[C@H](O[C@H]2[C@H](OCc3ccccc3)[C@@H](N=[N+]=[N-])[C@@H]3OC[C@H]2O3)[C@H](NC(=O)OCc2ccccc2)[C@@H](OCc2ccccc2)[C@@H]1OCc1ccccc1. The molecule has 0 unspecified atom stereocenters. The molecule has 15 nitrogen and oxygen atoms in total. The minimum absolute atomic E-state index is 0.00909. The molecule has 3 fully saturated rings. The van der Waals surface area contributed by atoms with Crippen molar-refractivity contribution in [2.24, 2.45) is 5.11 Å². The van der Waals surface area contributed by atoms with E-state index in [4.69, 9.17) is 42.6 Å². The number of alkyl carbamates (subject to hydrolysis) is 1. The molecule has 304 valence electrons. The van der Waals surface area contributed by atoms with Crippen molar-refractivity contribution in [3.05, 3.63) is 154 Å². The van der Waals surface area contributed by atoms with Gasteiger partial charge in [-0.25, -0.2) is 4.79 Å². The second-order valence-electron chi connectivity index (χ2n) is 14.0. The van der Waals surface area contributed by atoms with Crippen LogP contribution in [-0.4, -0.2) is 86.6 Å². The average molecular weight is 795 g/mol. The Morgan fingerprint density at radius 3 is 1.74 bits per heavy atom. The molecule has 7 rings (SSSR count). The number of azide groups is 1. The predicted molar refractivity (Wildman–Crippen MR) is 206 cm³/mol. The molecule has 10 atom stereocenters. The van der Waals surface area contributed by atoms with E-state index in [1.54, 1.807) is 0 Å². The average Bonchev–Trinajstić information content (AvgIpc) is 3.70. The van der Waals surface area contributed by atoms with Gasteiger partial charge in [-0.05, 0) is 27.8 Å². The number of fused-ring (bicyclic) bond motifs is 2. The number of hydrogen-bond donors (Lipinski definition) is 1. The lowest BCUT2D eigenvalue weighted by Gasteiger charge is -2.48. The zero-order chi connectivity index (χ0) is 40.1. The maximum absolute atomic E-state index is 13.8. The van der Waals surface area contributed by atoms with Crippen molar-refractivity contribution in [2.45, 2.75) is 94.6 Å². The molecule has 3 aliphatic heterocycles. The lowest BCUT2D eigenvalue weighted by atomic mass is 9.94. The van der Waals surface area contributed by atoms with Gasteiger partial charge in [0, 0.05) is 11.8 Å². The van der Waals surface area contributed by atoms with Crippen LogP contribution >= 0.6 is 0 Å². The van der Waals surface area contributed by atoms with Gasteiger partial charge >= 0.3 is 12.1 Å². The Morgan fingerprint density at radius 2 is 1.21 bits per heavy atom. The van der Waals surface area contributed by atoms with E-state index in [-0.39, 0.29) is 39.6 Å². The molecular weight excluding hydrogens is 748 g/mol. The molecule has 1 amide bonds. The minimum Gasteiger partial charge on any atom is -0.463 e. The smallest absolute Gasteiger partial charge is 0.407 e. The van der Waals surface area contributed by atoms with Gasteiger partial charge in [-0.1, -0.05) is 126 Å². The number of carbonyl (C=O) groups is 2. The molecule has 58 heavy (non-hydrogen) atoms. The van der Waals surface area contributed by atoms with Gasteiger partial charge in [0.05, 0.1) is 26.4 Å². The number of benzene rings is 4. The molecule has 0 spiro atoms. The molecule has 15 heteroatoms. The fraction of sp³-hybridized carbons (Fsp3) is 0.395. The van der Waals surface area contributed by atoms with E-state index in [2.05, 4.69) is 15.3 Å². The second-order valence-corrected chi connectivity index (χ2v) is 14.0. The first-order valence-electron chi connectivity index (χ1n) is 19.1. The lowest BCUT2D eigenvalue weighted by Crippen LogP contribution is -2.68. The summed E-state index contributed by atoms with van der Waals surface area (Å²) >= 11 is 0. The third-order valence-corrected chi connectivity index (χ3v) is 9.97. The Hall–Kier alpha value is -5.35. The number of rotatable bonds is 17. The minimum atomic E-state index is -1.30. The third kappa shape index (κ3) is 10.8. The van der Waals surface area contributed by atoms with Crippen molar-refractivity contribution < 1.29 is 52.2 Å². The third-order valence-electron chi connectivity index (χ3n) is 9.97. The van der Waals surface area contributed by atoms with Crippen molar-refractivity contribution in [3.63, 3.8) is 0 Å². The number of hydrogen-bond acceptors (Lipinski definition) is 12. The highest BCUT2D eigenvalue weighted by molar-refractivity contribution is 5.68. The van der Waals surface area contributed by atoms with Gasteiger partial charge in [0.25, 0.3) is 0 Å².